The highest BCUT2D eigenvalue weighted by molar-refractivity contribution is 5.81. The van der Waals surface area contributed by atoms with Crippen LogP contribution in [0.1, 0.15) is 16.7 Å². The van der Waals surface area contributed by atoms with Crippen molar-refractivity contribution in [2.45, 2.75) is 0 Å². The molecule has 3 aromatic carbocycles. The summed E-state index contributed by atoms with van der Waals surface area (Å²) in [5.41, 5.74) is 4.33. The highest BCUT2D eigenvalue weighted by Gasteiger charge is 1.95. The summed E-state index contributed by atoms with van der Waals surface area (Å²) in [6.07, 6.45) is 6.21. The van der Waals surface area contributed by atoms with Crippen LogP contribution in [0.5, 0.6) is 0 Å². The van der Waals surface area contributed by atoms with Gasteiger partial charge in [-0.05, 0) is 29.3 Å². The molecular formula is C24H18. The van der Waals surface area contributed by atoms with E-state index >= 15 is 0 Å². The summed E-state index contributed by atoms with van der Waals surface area (Å²) < 4.78 is 0. The molecule has 3 rings (SSSR count). The molecule has 0 aliphatic rings. The highest BCUT2D eigenvalue weighted by Crippen LogP contribution is 2.14. The van der Waals surface area contributed by atoms with Gasteiger partial charge in [-0.2, -0.15) is 0 Å². The van der Waals surface area contributed by atoms with Crippen molar-refractivity contribution in [1.29, 1.82) is 0 Å². The van der Waals surface area contributed by atoms with E-state index in [4.69, 9.17) is 0 Å². The molecule has 0 aliphatic carbocycles. The monoisotopic (exact) mass is 306 g/mol. The average Bonchev–Trinajstić information content (AvgIpc) is 2.67. The fourth-order valence-corrected chi connectivity index (χ4v) is 2.31. The summed E-state index contributed by atoms with van der Waals surface area (Å²) in [6.45, 7) is 0. The lowest BCUT2D eigenvalue weighted by Crippen LogP contribution is -1.81. The van der Waals surface area contributed by atoms with E-state index in [0.717, 1.165) is 16.7 Å². The molecule has 0 saturated carbocycles. The highest BCUT2D eigenvalue weighted by atomic mass is 14.0. The Kier molecular flexibility index (Phi) is 5.43. The molecule has 0 bridgehead atoms. The van der Waals surface area contributed by atoms with Gasteiger partial charge in [-0.3, -0.25) is 0 Å². The van der Waals surface area contributed by atoms with E-state index in [1.807, 2.05) is 66.7 Å². The second-order valence-corrected chi connectivity index (χ2v) is 5.33. The van der Waals surface area contributed by atoms with Gasteiger partial charge in [0.05, 0.1) is 0 Å². The zero-order valence-electron chi connectivity index (χ0n) is 13.4. The Labute approximate surface area is 143 Å². The van der Waals surface area contributed by atoms with Crippen molar-refractivity contribution in [2.75, 3.05) is 0 Å². The third-order valence-electron chi connectivity index (χ3n) is 3.55. The molecule has 3 aromatic rings. The molecule has 0 unspecified atom stereocenters. The summed E-state index contributed by atoms with van der Waals surface area (Å²) in [5.74, 6) is 6.54. The first-order valence-electron chi connectivity index (χ1n) is 7.98. The molecule has 0 aliphatic heterocycles. The minimum atomic E-state index is 1.01. The van der Waals surface area contributed by atoms with Crippen molar-refractivity contribution in [3.05, 3.63) is 120 Å². The van der Waals surface area contributed by atoms with Crippen LogP contribution in [0.2, 0.25) is 0 Å². The zero-order chi connectivity index (χ0) is 16.5. The van der Waals surface area contributed by atoms with Crippen molar-refractivity contribution in [1.82, 2.24) is 0 Å². The molecule has 0 amide bonds. The predicted octanol–water partition coefficient (Wildman–Crippen LogP) is 5.84. The SMILES string of the molecule is C(#Cc1ccccc1)/C(=C/C=C/c1ccccc1)c1ccccc1. The van der Waals surface area contributed by atoms with E-state index in [9.17, 15) is 0 Å². The average molecular weight is 306 g/mol. The van der Waals surface area contributed by atoms with Crippen LogP contribution in [0.25, 0.3) is 11.6 Å². The van der Waals surface area contributed by atoms with Crippen LogP contribution in [-0.4, -0.2) is 0 Å². The van der Waals surface area contributed by atoms with Crippen molar-refractivity contribution < 1.29 is 0 Å². The lowest BCUT2D eigenvalue weighted by Gasteiger charge is -1.99. The number of rotatable bonds is 3. The summed E-state index contributed by atoms with van der Waals surface area (Å²) in [7, 11) is 0. The number of benzene rings is 3. The molecule has 24 heavy (non-hydrogen) atoms. The van der Waals surface area contributed by atoms with Crippen LogP contribution in [0.15, 0.2) is 103 Å². The molecule has 0 fully saturated rings. The second-order valence-electron chi connectivity index (χ2n) is 5.33. The smallest absolute Gasteiger partial charge is 0.0321 e. The maximum Gasteiger partial charge on any atom is 0.0321 e. The van der Waals surface area contributed by atoms with Crippen LogP contribution >= 0.6 is 0 Å². The van der Waals surface area contributed by atoms with Crippen LogP contribution in [0.3, 0.4) is 0 Å². The molecule has 0 spiro atoms. The quantitative estimate of drug-likeness (QED) is 0.421. The van der Waals surface area contributed by atoms with Gasteiger partial charge < -0.3 is 0 Å². The van der Waals surface area contributed by atoms with E-state index in [-0.39, 0.29) is 0 Å². The van der Waals surface area contributed by atoms with Gasteiger partial charge in [-0.15, -0.1) is 0 Å². The van der Waals surface area contributed by atoms with Crippen LogP contribution in [-0.2, 0) is 0 Å². The molecule has 0 radical (unpaired) electrons. The first-order chi connectivity index (χ1) is 11.9. The van der Waals surface area contributed by atoms with Gasteiger partial charge in [0, 0.05) is 11.1 Å². The first-order valence-corrected chi connectivity index (χ1v) is 7.98. The third kappa shape index (κ3) is 4.60. The van der Waals surface area contributed by atoms with Gasteiger partial charge >= 0.3 is 0 Å². The van der Waals surface area contributed by atoms with Gasteiger partial charge in [0.15, 0.2) is 0 Å². The molecule has 0 atom stereocenters. The fourth-order valence-electron chi connectivity index (χ4n) is 2.31. The van der Waals surface area contributed by atoms with Crippen LogP contribution in [0, 0.1) is 11.8 Å². The van der Waals surface area contributed by atoms with Gasteiger partial charge in [0.25, 0.3) is 0 Å². The Balaban J connectivity index is 1.90. The zero-order valence-corrected chi connectivity index (χ0v) is 13.4. The molecule has 0 heterocycles. The minimum absolute atomic E-state index is 1.01. The maximum absolute atomic E-state index is 3.30. The predicted molar refractivity (Wildman–Crippen MR) is 103 cm³/mol. The summed E-state index contributed by atoms with van der Waals surface area (Å²) in [4.78, 5) is 0. The van der Waals surface area contributed by atoms with Crippen molar-refractivity contribution in [3.63, 3.8) is 0 Å². The van der Waals surface area contributed by atoms with Crippen molar-refractivity contribution in [2.24, 2.45) is 0 Å². The summed E-state index contributed by atoms with van der Waals surface area (Å²) >= 11 is 0. The van der Waals surface area contributed by atoms with E-state index in [2.05, 4.69) is 54.3 Å². The first kappa shape index (κ1) is 15.6. The van der Waals surface area contributed by atoms with Gasteiger partial charge in [0.2, 0.25) is 0 Å². The summed E-state index contributed by atoms with van der Waals surface area (Å²) in [5, 5.41) is 0. The Bertz CT molecular complexity index is 874. The second kappa shape index (κ2) is 8.36. The van der Waals surface area contributed by atoms with Gasteiger partial charge in [-0.1, -0.05) is 103 Å². The van der Waals surface area contributed by atoms with Gasteiger partial charge in [0.1, 0.15) is 0 Å². The van der Waals surface area contributed by atoms with Crippen molar-refractivity contribution >= 4 is 11.6 Å². The lowest BCUT2D eigenvalue weighted by molar-refractivity contribution is 1.62. The summed E-state index contributed by atoms with van der Waals surface area (Å²) in [6, 6.07) is 30.6. The minimum Gasteiger partial charge on any atom is -0.0622 e. The maximum atomic E-state index is 3.30. The molecule has 0 aromatic heterocycles. The molecular weight excluding hydrogens is 288 g/mol. The normalized spacial score (nSPS) is 11.1. The third-order valence-corrected chi connectivity index (χ3v) is 3.55. The molecule has 0 saturated heterocycles. The number of hydrogen-bond donors (Lipinski definition) is 0. The van der Waals surface area contributed by atoms with Crippen molar-refractivity contribution in [3.8, 4) is 11.8 Å². The molecule has 0 heteroatoms. The lowest BCUT2D eigenvalue weighted by atomic mass is 10.0. The van der Waals surface area contributed by atoms with E-state index < -0.39 is 0 Å². The Morgan fingerprint density at radius 2 is 1.25 bits per heavy atom. The van der Waals surface area contributed by atoms with E-state index in [0.29, 0.717) is 0 Å². The Morgan fingerprint density at radius 3 is 1.92 bits per heavy atom. The standard InChI is InChI=1S/C24H18/c1-4-11-21(12-5-1)15-10-18-24(23-16-8-3-9-17-23)20-19-22-13-6-2-7-14-22/h1-18H/b15-10+,24-18-. The Morgan fingerprint density at radius 1 is 0.667 bits per heavy atom. The van der Waals surface area contributed by atoms with E-state index in [1.54, 1.807) is 0 Å². The molecule has 114 valence electrons. The van der Waals surface area contributed by atoms with Gasteiger partial charge in [-0.25, -0.2) is 0 Å². The largest absolute Gasteiger partial charge is 0.0622 e. The topological polar surface area (TPSA) is 0 Å². The molecule has 0 N–H and O–H groups in total. The fraction of sp³-hybridized carbons (Fsp3) is 0. The number of allylic oxidation sites excluding steroid dienone is 3. The Hall–Kier alpha value is -3.30. The molecule has 0 nitrogen and oxygen atoms in total. The van der Waals surface area contributed by atoms with Crippen LogP contribution < -0.4 is 0 Å². The van der Waals surface area contributed by atoms with E-state index in [1.165, 1.54) is 5.56 Å². The number of hydrogen-bond acceptors (Lipinski definition) is 0. The van der Waals surface area contributed by atoms with Crippen LogP contribution in [0.4, 0.5) is 0 Å².